The van der Waals surface area contributed by atoms with Gasteiger partial charge in [-0.2, -0.15) is 0 Å². The summed E-state index contributed by atoms with van der Waals surface area (Å²) in [6.07, 6.45) is 1.81. The van der Waals surface area contributed by atoms with Gasteiger partial charge in [-0.1, -0.05) is 81.9 Å². The van der Waals surface area contributed by atoms with Gasteiger partial charge in [0, 0.05) is 10.0 Å². The molecule has 1 aliphatic rings. The number of aryl methyl sites for hydroxylation is 1. The van der Waals surface area contributed by atoms with E-state index >= 15 is 0 Å². The maximum absolute atomic E-state index is 13.9. The molecule has 1 aliphatic heterocycles. The van der Waals surface area contributed by atoms with Gasteiger partial charge in [0.1, 0.15) is 5.82 Å². The topological polar surface area (TPSA) is 60.7 Å². The molecule has 4 aromatic rings. The van der Waals surface area contributed by atoms with Gasteiger partial charge in [-0.3, -0.25) is 9.36 Å². The lowest BCUT2D eigenvalue weighted by Crippen LogP contribution is -2.40. The first kappa shape index (κ1) is 25.0. The molecule has 5 nitrogen and oxygen atoms in total. The Hall–Kier alpha value is -3.62. The number of hydrogen-bond acceptors (Lipinski definition) is 5. The van der Waals surface area contributed by atoms with Crippen molar-refractivity contribution in [1.82, 2.24) is 4.57 Å². The molecule has 1 aromatic heterocycles. The fourth-order valence-electron chi connectivity index (χ4n) is 4.25. The van der Waals surface area contributed by atoms with Crippen LogP contribution in [0.2, 0.25) is 0 Å². The van der Waals surface area contributed by atoms with Crippen LogP contribution in [0, 0.1) is 12.7 Å². The van der Waals surface area contributed by atoms with Crippen LogP contribution in [0.1, 0.15) is 35.2 Å². The molecule has 37 heavy (non-hydrogen) atoms. The average Bonchev–Trinajstić information content (AvgIpc) is 3.21. The molecule has 2 heterocycles. The highest BCUT2D eigenvalue weighted by Gasteiger charge is 2.35. The Morgan fingerprint density at radius 1 is 1.14 bits per heavy atom. The summed E-state index contributed by atoms with van der Waals surface area (Å²) in [5.41, 5.74) is 3.62. The predicted molar refractivity (Wildman–Crippen MR) is 146 cm³/mol. The van der Waals surface area contributed by atoms with Crippen molar-refractivity contribution in [2.75, 3.05) is 6.61 Å². The summed E-state index contributed by atoms with van der Waals surface area (Å²) in [5.74, 6) is -0.984. The molecule has 0 saturated heterocycles. The van der Waals surface area contributed by atoms with E-state index in [1.807, 2.05) is 61.5 Å². The molecule has 186 valence electrons. The molecule has 0 amide bonds. The van der Waals surface area contributed by atoms with Crippen molar-refractivity contribution >= 4 is 45.0 Å². The number of carbonyl (C=O) groups excluding carboxylic acids is 1. The van der Waals surface area contributed by atoms with Crippen molar-refractivity contribution in [3.05, 3.63) is 131 Å². The van der Waals surface area contributed by atoms with Crippen LogP contribution in [0.3, 0.4) is 0 Å². The summed E-state index contributed by atoms with van der Waals surface area (Å²) in [6.45, 7) is 3.88. The van der Waals surface area contributed by atoms with Crippen molar-refractivity contribution in [2.24, 2.45) is 4.99 Å². The smallest absolute Gasteiger partial charge is 0.338 e. The number of thiazole rings is 1. The first-order valence-electron chi connectivity index (χ1n) is 11.7. The number of ether oxygens (including phenoxy) is 1. The minimum atomic E-state index is -0.835. The third-order valence-electron chi connectivity index (χ3n) is 6.05. The van der Waals surface area contributed by atoms with E-state index in [2.05, 4.69) is 15.9 Å². The molecule has 1 atom stereocenters. The highest BCUT2D eigenvalue weighted by molar-refractivity contribution is 9.10. The van der Waals surface area contributed by atoms with Gasteiger partial charge >= 0.3 is 5.97 Å². The highest BCUT2D eigenvalue weighted by Crippen LogP contribution is 2.35. The van der Waals surface area contributed by atoms with Crippen molar-refractivity contribution in [3.63, 3.8) is 0 Å². The van der Waals surface area contributed by atoms with Gasteiger partial charge in [0.05, 0.1) is 28.5 Å². The molecule has 0 unspecified atom stereocenters. The number of nitrogens with zero attached hydrogens (tertiary/aromatic N) is 2. The first-order chi connectivity index (χ1) is 17.9. The third kappa shape index (κ3) is 4.86. The Bertz CT molecular complexity index is 1710. The zero-order valence-electron chi connectivity index (χ0n) is 20.1. The normalized spacial score (nSPS) is 15.4. The number of hydrogen-bond donors (Lipinski definition) is 0. The lowest BCUT2D eigenvalue weighted by Gasteiger charge is -2.25. The zero-order valence-corrected chi connectivity index (χ0v) is 22.5. The number of carbonyl (C=O) groups is 1. The highest BCUT2D eigenvalue weighted by atomic mass is 79.9. The van der Waals surface area contributed by atoms with Crippen LogP contribution in [0.4, 0.5) is 4.39 Å². The van der Waals surface area contributed by atoms with Crippen LogP contribution in [0.5, 0.6) is 0 Å². The molecule has 0 radical (unpaired) electrons. The van der Waals surface area contributed by atoms with Gasteiger partial charge in [-0.15, -0.1) is 0 Å². The number of esters is 1. The summed E-state index contributed by atoms with van der Waals surface area (Å²) >= 11 is 4.79. The predicted octanol–water partition coefficient (Wildman–Crippen LogP) is 5.15. The molecular formula is C29H22BrFN2O3S. The van der Waals surface area contributed by atoms with Crippen LogP contribution < -0.4 is 14.9 Å². The Labute approximate surface area is 225 Å². The number of halogens is 2. The summed E-state index contributed by atoms with van der Waals surface area (Å²) < 4.78 is 22.2. The molecule has 0 fully saturated rings. The molecule has 0 spiro atoms. The Balaban J connectivity index is 1.82. The molecule has 5 rings (SSSR count). The van der Waals surface area contributed by atoms with Gasteiger partial charge in [0.15, 0.2) is 4.80 Å². The second-order valence-electron chi connectivity index (χ2n) is 8.49. The SMILES string of the molecule is CCOC(=O)C1=C(c2ccccc2)N=c2s/c(=C\c3ccc(C)c(Br)c3)c(=O)n2[C@H]1c1ccc(F)cc1. The van der Waals surface area contributed by atoms with Gasteiger partial charge < -0.3 is 4.74 Å². The number of aromatic nitrogens is 1. The van der Waals surface area contributed by atoms with Crippen LogP contribution in [-0.2, 0) is 9.53 Å². The fourth-order valence-corrected chi connectivity index (χ4v) is 5.65. The number of benzene rings is 3. The largest absolute Gasteiger partial charge is 0.463 e. The third-order valence-corrected chi connectivity index (χ3v) is 7.89. The molecule has 8 heteroatoms. The van der Waals surface area contributed by atoms with E-state index in [4.69, 9.17) is 9.73 Å². The van der Waals surface area contributed by atoms with E-state index in [-0.39, 0.29) is 17.7 Å². The van der Waals surface area contributed by atoms with E-state index < -0.39 is 17.8 Å². The van der Waals surface area contributed by atoms with E-state index in [9.17, 15) is 14.0 Å². The van der Waals surface area contributed by atoms with Gasteiger partial charge in [-0.05, 0) is 54.8 Å². The fraction of sp³-hybridized carbons (Fsp3) is 0.138. The molecule has 0 bridgehead atoms. The molecule has 0 aliphatic carbocycles. The second kappa shape index (κ2) is 10.4. The van der Waals surface area contributed by atoms with Crippen molar-refractivity contribution in [3.8, 4) is 0 Å². The average molecular weight is 577 g/mol. The van der Waals surface area contributed by atoms with Crippen molar-refractivity contribution in [1.29, 1.82) is 0 Å². The van der Waals surface area contributed by atoms with Crippen LogP contribution in [-0.4, -0.2) is 17.1 Å². The van der Waals surface area contributed by atoms with E-state index in [0.29, 0.717) is 20.6 Å². The standard InChI is InChI=1S/C29H22BrFN2O3S/c1-3-36-28(35)24-25(19-7-5-4-6-8-19)32-29-33(26(24)20-11-13-21(31)14-12-20)27(34)23(37-29)16-18-10-9-17(2)22(30)15-18/h4-16,26H,3H2,1-2H3/b23-16-/t26-/m0/s1. The molecular weight excluding hydrogens is 555 g/mol. The number of rotatable bonds is 5. The first-order valence-corrected chi connectivity index (χ1v) is 13.3. The van der Waals surface area contributed by atoms with E-state index in [1.165, 1.54) is 28.0 Å². The number of fused-ring (bicyclic) bond motifs is 1. The van der Waals surface area contributed by atoms with Gasteiger partial charge in [0.2, 0.25) is 0 Å². The zero-order chi connectivity index (χ0) is 26.1. The summed E-state index contributed by atoms with van der Waals surface area (Å²) in [4.78, 5) is 32.4. The van der Waals surface area contributed by atoms with E-state index in [0.717, 1.165) is 21.2 Å². The summed E-state index contributed by atoms with van der Waals surface area (Å²) in [7, 11) is 0. The molecule has 3 aromatic carbocycles. The minimum absolute atomic E-state index is 0.160. The quantitative estimate of drug-likeness (QED) is 0.309. The lowest BCUT2D eigenvalue weighted by atomic mass is 9.93. The van der Waals surface area contributed by atoms with Crippen LogP contribution in [0.25, 0.3) is 11.8 Å². The summed E-state index contributed by atoms with van der Waals surface area (Å²) in [5, 5.41) is 0. The Morgan fingerprint density at radius 2 is 1.86 bits per heavy atom. The Morgan fingerprint density at radius 3 is 2.54 bits per heavy atom. The maximum Gasteiger partial charge on any atom is 0.338 e. The Kier molecular flexibility index (Phi) is 7.04. The van der Waals surface area contributed by atoms with Crippen molar-refractivity contribution < 1.29 is 13.9 Å². The van der Waals surface area contributed by atoms with E-state index in [1.54, 1.807) is 19.1 Å². The monoisotopic (exact) mass is 576 g/mol. The lowest BCUT2D eigenvalue weighted by molar-refractivity contribution is -0.138. The molecule has 0 saturated carbocycles. The minimum Gasteiger partial charge on any atom is -0.463 e. The van der Waals surface area contributed by atoms with Gasteiger partial charge in [-0.25, -0.2) is 14.2 Å². The maximum atomic E-state index is 13.9. The van der Waals surface area contributed by atoms with Crippen molar-refractivity contribution in [2.45, 2.75) is 19.9 Å². The van der Waals surface area contributed by atoms with Crippen LogP contribution in [0.15, 0.2) is 92.6 Å². The molecule has 0 N–H and O–H groups in total. The van der Waals surface area contributed by atoms with Crippen LogP contribution >= 0.6 is 27.3 Å². The summed E-state index contributed by atoms with van der Waals surface area (Å²) in [6, 6.07) is 20.1. The van der Waals surface area contributed by atoms with Gasteiger partial charge in [0.25, 0.3) is 5.56 Å². The second-order valence-corrected chi connectivity index (χ2v) is 10.4.